The lowest BCUT2D eigenvalue weighted by Crippen LogP contribution is -2.40. The van der Waals surface area contributed by atoms with Crippen LogP contribution in [0.3, 0.4) is 0 Å². The van der Waals surface area contributed by atoms with E-state index in [0.717, 1.165) is 16.8 Å². The molecule has 0 fully saturated rings. The SMILES string of the molecule is Cc1ccnc(NC(=O)[C@@]2(C)CC(c3ccccc3)=NO2)c1. The van der Waals surface area contributed by atoms with Gasteiger partial charge in [-0.1, -0.05) is 35.5 Å². The molecule has 2 heterocycles. The van der Waals surface area contributed by atoms with Crippen LogP contribution in [0.15, 0.2) is 53.8 Å². The Morgan fingerprint density at radius 2 is 2.05 bits per heavy atom. The number of carbonyl (C=O) groups is 1. The monoisotopic (exact) mass is 295 g/mol. The molecule has 0 saturated heterocycles. The van der Waals surface area contributed by atoms with Crippen LogP contribution in [0.1, 0.15) is 24.5 Å². The third-order valence-corrected chi connectivity index (χ3v) is 3.61. The van der Waals surface area contributed by atoms with E-state index in [1.807, 2.05) is 49.4 Å². The number of benzene rings is 1. The number of aromatic nitrogens is 1. The van der Waals surface area contributed by atoms with Gasteiger partial charge < -0.3 is 10.2 Å². The zero-order valence-corrected chi connectivity index (χ0v) is 12.5. The predicted octanol–water partition coefficient (Wildman–Crippen LogP) is 2.91. The topological polar surface area (TPSA) is 63.6 Å². The van der Waals surface area contributed by atoms with E-state index in [2.05, 4.69) is 15.5 Å². The molecule has 1 aliphatic heterocycles. The van der Waals surface area contributed by atoms with Crippen molar-refractivity contribution in [2.24, 2.45) is 5.16 Å². The van der Waals surface area contributed by atoms with Crippen molar-refractivity contribution in [2.75, 3.05) is 5.32 Å². The maximum Gasteiger partial charge on any atom is 0.272 e. The summed E-state index contributed by atoms with van der Waals surface area (Å²) in [6.07, 6.45) is 2.09. The van der Waals surface area contributed by atoms with Crippen LogP contribution >= 0.6 is 0 Å². The predicted molar refractivity (Wildman–Crippen MR) is 84.7 cm³/mol. The Kier molecular flexibility index (Phi) is 3.63. The van der Waals surface area contributed by atoms with Crippen molar-refractivity contribution in [1.82, 2.24) is 4.98 Å². The highest BCUT2D eigenvalue weighted by Gasteiger charge is 2.42. The van der Waals surface area contributed by atoms with Crippen molar-refractivity contribution in [3.8, 4) is 0 Å². The molecule has 22 heavy (non-hydrogen) atoms. The molecule has 112 valence electrons. The molecular weight excluding hydrogens is 278 g/mol. The Morgan fingerprint density at radius 1 is 1.27 bits per heavy atom. The smallest absolute Gasteiger partial charge is 0.272 e. The van der Waals surface area contributed by atoms with E-state index in [4.69, 9.17) is 4.84 Å². The highest BCUT2D eigenvalue weighted by molar-refractivity contribution is 6.07. The first-order chi connectivity index (χ1) is 10.6. The zero-order valence-electron chi connectivity index (χ0n) is 12.5. The quantitative estimate of drug-likeness (QED) is 0.947. The summed E-state index contributed by atoms with van der Waals surface area (Å²) >= 11 is 0. The number of hydrogen-bond donors (Lipinski definition) is 1. The first-order valence-corrected chi connectivity index (χ1v) is 7.11. The molecule has 1 amide bonds. The summed E-state index contributed by atoms with van der Waals surface area (Å²) < 4.78 is 0. The number of carbonyl (C=O) groups excluding carboxylic acids is 1. The molecule has 3 rings (SSSR count). The summed E-state index contributed by atoms with van der Waals surface area (Å²) in [7, 11) is 0. The Balaban J connectivity index is 1.72. The van der Waals surface area contributed by atoms with E-state index in [0.29, 0.717) is 12.2 Å². The van der Waals surface area contributed by atoms with Crippen LogP contribution in [0, 0.1) is 6.92 Å². The maximum atomic E-state index is 12.5. The first-order valence-electron chi connectivity index (χ1n) is 7.11. The largest absolute Gasteiger partial charge is 0.379 e. The Hall–Kier alpha value is -2.69. The fourth-order valence-corrected chi connectivity index (χ4v) is 2.30. The minimum absolute atomic E-state index is 0.250. The van der Waals surface area contributed by atoms with Crippen LogP contribution < -0.4 is 5.32 Å². The van der Waals surface area contributed by atoms with Crippen molar-refractivity contribution in [3.63, 3.8) is 0 Å². The molecular formula is C17H17N3O2. The van der Waals surface area contributed by atoms with Crippen LogP contribution in [-0.4, -0.2) is 22.2 Å². The molecule has 2 aromatic rings. The summed E-state index contributed by atoms with van der Waals surface area (Å²) in [4.78, 5) is 22.0. The molecule has 5 heteroatoms. The molecule has 0 unspecified atom stereocenters. The van der Waals surface area contributed by atoms with Gasteiger partial charge in [0.15, 0.2) is 0 Å². The number of rotatable bonds is 3. The number of pyridine rings is 1. The van der Waals surface area contributed by atoms with Crippen molar-refractivity contribution >= 4 is 17.4 Å². The number of oxime groups is 1. The Bertz CT molecular complexity index is 728. The molecule has 0 spiro atoms. The first kappa shape index (κ1) is 14.3. The third kappa shape index (κ3) is 2.83. The van der Waals surface area contributed by atoms with Gasteiger partial charge in [-0.25, -0.2) is 4.98 Å². The highest BCUT2D eigenvalue weighted by atomic mass is 16.7. The fraction of sp³-hybridized carbons (Fsp3) is 0.235. The maximum absolute atomic E-state index is 12.5. The number of anilines is 1. The van der Waals surface area contributed by atoms with E-state index in [1.165, 1.54) is 0 Å². The van der Waals surface area contributed by atoms with Gasteiger partial charge in [-0.05, 0) is 37.1 Å². The molecule has 1 aromatic carbocycles. The minimum Gasteiger partial charge on any atom is -0.379 e. The Morgan fingerprint density at radius 3 is 2.77 bits per heavy atom. The lowest BCUT2D eigenvalue weighted by Gasteiger charge is -2.20. The zero-order chi connectivity index (χ0) is 15.6. The lowest BCUT2D eigenvalue weighted by atomic mass is 9.95. The molecule has 0 aliphatic carbocycles. The summed E-state index contributed by atoms with van der Waals surface area (Å²) in [6.45, 7) is 3.68. The number of aryl methyl sites for hydroxylation is 1. The summed E-state index contributed by atoms with van der Waals surface area (Å²) in [6, 6.07) is 13.4. The molecule has 5 nitrogen and oxygen atoms in total. The van der Waals surface area contributed by atoms with Gasteiger partial charge in [-0.3, -0.25) is 4.79 Å². The van der Waals surface area contributed by atoms with Crippen LogP contribution in [0.25, 0.3) is 0 Å². The molecule has 1 atom stereocenters. The van der Waals surface area contributed by atoms with Gasteiger partial charge in [0.2, 0.25) is 5.60 Å². The summed E-state index contributed by atoms with van der Waals surface area (Å²) in [5.74, 6) is 0.267. The Labute approximate surface area is 129 Å². The molecule has 0 saturated carbocycles. The van der Waals surface area contributed by atoms with Gasteiger partial charge in [-0.15, -0.1) is 0 Å². The van der Waals surface area contributed by atoms with Crippen LogP contribution in [-0.2, 0) is 9.63 Å². The number of hydrogen-bond acceptors (Lipinski definition) is 4. The van der Waals surface area contributed by atoms with E-state index in [-0.39, 0.29) is 5.91 Å². The van der Waals surface area contributed by atoms with Crippen molar-refractivity contribution in [2.45, 2.75) is 25.9 Å². The normalized spacial score (nSPS) is 20.2. The fourth-order valence-electron chi connectivity index (χ4n) is 2.30. The molecule has 1 aliphatic rings. The molecule has 0 bridgehead atoms. The number of nitrogens with zero attached hydrogens (tertiary/aromatic N) is 2. The second-order valence-electron chi connectivity index (χ2n) is 5.58. The highest BCUT2D eigenvalue weighted by Crippen LogP contribution is 2.27. The molecule has 1 N–H and O–H groups in total. The lowest BCUT2D eigenvalue weighted by molar-refractivity contribution is -0.135. The van der Waals surface area contributed by atoms with Crippen molar-refractivity contribution in [1.29, 1.82) is 0 Å². The third-order valence-electron chi connectivity index (χ3n) is 3.61. The van der Waals surface area contributed by atoms with Crippen LogP contribution in [0.5, 0.6) is 0 Å². The van der Waals surface area contributed by atoms with E-state index in [1.54, 1.807) is 13.1 Å². The van der Waals surface area contributed by atoms with Crippen molar-refractivity contribution in [3.05, 3.63) is 59.8 Å². The number of amides is 1. The summed E-state index contributed by atoms with van der Waals surface area (Å²) in [5, 5.41) is 6.86. The van der Waals surface area contributed by atoms with Gasteiger partial charge >= 0.3 is 0 Å². The van der Waals surface area contributed by atoms with E-state index in [9.17, 15) is 4.79 Å². The van der Waals surface area contributed by atoms with E-state index >= 15 is 0 Å². The average Bonchev–Trinajstić information content (AvgIpc) is 2.92. The average molecular weight is 295 g/mol. The van der Waals surface area contributed by atoms with Gasteiger partial charge in [0.25, 0.3) is 5.91 Å². The van der Waals surface area contributed by atoms with Crippen molar-refractivity contribution < 1.29 is 9.63 Å². The van der Waals surface area contributed by atoms with E-state index < -0.39 is 5.60 Å². The van der Waals surface area contributed by atoms with Crippen LogP contribution in [0.4, 0.5) is 5.82 Å². The summed E-state index contributed by atoms with van der Waals surface area (Å²) in [5.41, 5.74) is 1.75. The second kappa shape index (κ2) is 5.60. The second-order valence-corrected chi connectivity index (χ2v) is 5.58. The van der Waals surface area contributed by atoms with Gasteiger partial charge in [0.1, 0.15) is 5.82 Å². The molecule has 1 aromatic heterocycles. The van der Waals surface area contributed by atoms with Gasteiger partial charge in [-0.2, -0.15) is 0 Å². The van der Waals surface area contributed by atoms with Crippen LogP contribution in [0.2, 0.25) is 0 Å². The van der Waals surface area contributed by atoms with Gasteiger partial charge in [0.05, 0.1) is 5.71 Å². The minimum atomic E-state index is -1.02. The standard InChI is InChI=1S/C17H17N3O2/c1-12-8-9-18-15(10-12)19-16(21)17(2)11-14(20-22-17)13-6-4-3-5-7-13/h3-10H,11H2,1-2H3,(H,18,19,21)/t17-/m1/s1. The van der Waals surface area contributed by atoms with Gasteiger partial charge in [0, 0.05) is 12.6 Å². The number of nitrogens with one attached hydrogen (secondary N) is 1. The molecule has 0 radical (unpaired) electrons.